The molecule has 0 fully saturated rings. The zero-order valence-electron chi connectivity index (χ0n) is 21.8. The maximum atomic E-state index is 12.6. The van der Waals surface area contributed by atoms with Crippen molar-refractivity contribution in [2.24, 2.45) is 0 Å². The number of methoxy groups -OCH3 is 1. The quantitative estimate of drug-likeness (QED) is 0.121. The predicted octanol–water partition coefficient (Wildman–Crippen LogP) is 5.54. The summed E-state index contributed by atoms with van der Waals surface area (Å²) < 4.78 is 38.6. The molecule has 0 aliphatic heterocycles. The SMILES string of the molecule is C=C(F)C(=O)OCCCCCCOc1ccc(OC(=O)c2ccc(OC(=O)C(=C)COC)cc2)c(CC)c1. The summed E-state index contributed by atoms with van der Waals surface area (Å²) in [7, 11) is 1.45. The van der Waals surface area contributed by atoms with Crippen molar-refractivity contribution in [3.63, 3.8) is 0 Å². The Bertz CT molecular complexity index is 1120. The van der Waals surface area contributed by atoms with Gasteiger partial charge in [0.25, 0.3) is 0 Å². The van der Waals surface area contributed by atoms with Crippen molar-refractivity contribution < 1.29 is 42.5 Å². The molecule has 0 spiro atoms. The third kappa shape index (κ3) is 10.2. The highest BCUT2D eigenvalue weighted by molar-refractivity contribution is 5.92. The van der Waals surface area contributed by atoms with Crippen LogP contribution in [0.25, 0.3) is 0 Å². The Morgan fingerprint density at radius 1 is 0.842 bits per heavy atom. The van der Waals surface area contributed by atoms with Crippen LogP contribution in [0.1, 0.15) is 48.5 Å². The number of hydrogen-bond acceptors (Lipinski definition) is 8. The molecule has 0 N–H and O–H groups in total. The number of aryl methyl sites for hydroxylation is 1. The monoisotopic (exact) mass is 528 g/mol. The first-order valence-corrected chi connectivity index (χ1v) is 12.2. The van der Waals surface area contributed by atoms with Crippen molar-refractivity contribution in [3.05, 3.63) is 78.1 Å². The maximum Gasteiger partial charge on any atom is 0.366 e. The summed E-state index contributed by atoms with van der Waals surface area (Å²) in [6.07, 6.45) is 3.75. The Hall–Kier alpha value is -3.98. The Morgan fingerprint density at radius 2 is 1.50 bits per heavy atom. The van der Waals surface area contributed by atoms with Gasteiger partial charge >= 0.3 is 17.9 Å². The van der Waals surface area contributed by atoms with E-state index in [0.29, 0.717) is 36.5 Å². The van der Waals surface area contributed by atoms with E-state index in [1.54, 1.807) is 12.1 Å². The number of rotatable bonds is 16. The van der Waals surface area contributed by atoms with Gasteiger partial charge in [0.2, 0.25) is 5.83 Å². The first kappa shape index (κ1) is 30.2. The average molecular weight is 529 g/mol. The van der Waals surface area contributed by atoms with Crippen LogP contribution in [0.3, 0.4) is 0 Å². The van der Waals surface area contributed by atoms with Crippen LogP contribution >= 0.6 is 0 Å². The topological polar surface area (TPSA) is 97.4 Å². The van der Waals surface area contributed by atoms with Gasteiger partial charge in [-0.1, -0.05) is 20.1 Å². The van der Waals surface area contributed by atoms with Crippen molar-refractivity contribution in [3.8, 4) is 17.2 Å². The highest BCUT2D eigenvalue weighted by Gasteiger charge is 2.14. The molecule has 0 bridgehead atoms. The number of unbranched alkanes of at least 4 members (excludes halogenated alkanes) is 3. The van der Waals surface area contributed by atoms with Gasteiger partial charge in [0.05, 0.1) is 31.0 Å². The standard InChI is InChI=1S/C29H33FO8/c1-5-22-18-25(35-16-8-6-7-9-17-36-28(32)21(3)30)14-15-26(22)38-29(33)23-10-12-24(13-11-23)37-27(31)20(2)19-34-4/h10-15,18H,2-3,5-9,16-17,19H2,1,4H3. The smallest absolute Gasteiger partial charge is 0.366 e. The fourth-order valence-electron chi connectivity index (χ4n) is 3.24. The maximum absolute atomic E-state index is 12.6. The number of carbonyl (C=O) groups is 3. The van der Waals surface area contributed by atoms with Gasteiger partial charge in [-0.15, -0.1) is 0 Å². The molecule has 0 radical (unpaired) electrons. The molecule has 0 amide bonds. The number of benzene rings is 2. The van der Waals surface area contributed by atoms with Crippen LogP contribution in [0.15, 0.2) is 67.0 Å². The van der Waals surface area contributed by atoms with Crippen LogP contribution in [0, 0.1) is 0 Å². The fraction of sp³-hybridized carbons (Fsp3) is 0.345. The van der Waals surface area contributed by atoms with Crippen LogP contribution in [-0.4, -0.2) is 44.8 Å². The molecule has 204 valence electrons. The zero-order chi connectivity index (χ0) is 27.9. The number of hydrogen-bond donors (Lipinski definition) is 0. The molecule has 0 unspecified atom stereocenters. The number of carbonyl (C=O) groups excluding carboxylic acids is 3. The molecule has 0 aliphatic carbocycles. The van der Waals surface area contributed by atoms with Gasteiger partial charge in [0, 0.05) is 7.11 Å². The Labute approximate surface area is 222 Å². The molecule has 0 atom stereocenters. The summed E-state index contributed by atoms with van der Waals surface area (Å²) in [5, 5.41) is 0. The number of halogens is 1. The molecule has 0 saturated carbocycles. The van der Waals surface area contributed by atoms with Gasteiger partial charge in [0.15, 0.2) is 0 Å². The lowest BCUT2D eigenvalue weighted by atomic mass is 10.1. The van der Waals surface area contributed by atoms with E-state index in [9.17, 15) is 18.8 Å². The van der Waals surface area contributed by atoms with E-state index in [0.717, 1.165) is 24.8 Å². The lowest BCUT2D eigenvalue weighted by Crippen LogP contribution is -2.14. The summed E-state index contributed by atoms with van der Waals surface area (Å²) in [5.74, 6) is -1.90. The fourth-order valence-corrected chi connectivity index (χ4v) is 3.24. The molecule has 0 heterocycles. The summed E-state index contributed by atoms with van der Waals surface area (Å²) in [6, 6.07) is 11.3. The van der Waals surface area contributed by atoms with Crippen LogP contribution in [0.2, 0.25) is 0 Å². The first-order chi connectivity index (χ1) is 18.2. The second-order valence-electron chi connectivity index (χ2n) is 8.27. The van der Waals surface area contributed by atoms with Crippen molar-refractivity contribution in [1.82, 2.24) is 0 Å². The van der Waals surface area contributed by atoms with E-state index in [2.05, 4.69) is 13.2 Å². The molecule has 2 aromatic rings. The normalized spacial score (nSPS) is 10.4. The highest BCUT2D eigenvalue weighted by atomic mass is 19.1. The lowest BCUT2D eigenvalue weighted by molar-refractivity contribution is -0.140. The largest absolute Gasteiger partial charge is 0.494 e. The Morgan fingerprint density at radius 3 is 2.13 bits per heavy atom. The molecular formula is C29H33FO8. The zero-order valence-corrected chi connectivity index (χ0v) is 21.8. The van der Waals surface area contributed by atoms with E-state index in [-0.39, 0.29) is 24.5 Å². The van der Waals surface area contributed by atoms with E-state index in [4.69, 9.17) is 23.7 Å². The molecule has 9 heteroatoms. The molecular weight excluding hydrogens is 495 g/mol. The number of esters is 3. The summed E-state index contributed by atoms with van der Waals surface area (Å²) in [4.78, 5) is 35.5. The van der Waals surface area contributed by atoms with E-state index >= 15 is 0 Å². The molecule has 0 aromatic heterocycles. The first-order valence-electron chi connectivity index (χ1n) is 12.2. The lowest BCUT2D eigenvalue weighted by Gasteiger charge is -2.12. The molecule has 0 saturated heterocycles. The van der Waals surface area contributed by atoms with Crippen molar-refractivity contribution >= 4 is 17.9 Å². The predicted molar refractivity (Wildman–Crippen MR) is 139 cm³/mol. The van der Waals surface area contributed by atoms with Crippen molar-refractivity contribution in [2.75, 3.05) is 26.9 Å². The van der Waals surface area contributed by atoms with Crippen molar-refractivity contribution in [2.45, 2.75) is 39.0 Å². The molecule has 8 nitrogen and oxygen atoms in total. The average Bonchev–Trinajstić information content (AvgIpc) is 2.91. The summed E-state index contributed by atoms with van der Waals surface area (Å²) in [5.41, 5.74) is 1.29. The third-order valence-corrected chi connectivity index (χ3v) is 5.29. The van der Waals surface area contributed by atoms with Gasteiger partial charge in [-0.2, -0.15) is 4.39 Å². The summed E-state index contributed by atoms with van der Waals surface area (Å²) >= 11 is 0. The molecule has 38 heavy (non-hydrogen) atoms. The van der Waals surface area contributed by atoms with Gasteiger partial charge in [-0.05, 0) is 80.1 Å². The van der Waals surface area contributed by atoms with Gasteiger partial charge in [-0.25, -0.2) is 14.4 Å². The number of ether oxygens (including phenoxy) is 5. The van der Waals surface area contributed by atoms with Crippen molar-refractivity contribution in [1.29, 1.82) is 0 Å². The minimum Gasteiger partial charge on any atom is -0.494 e. The molecule has 2 rings (SSSR count). The second-order valence-corrected chi connectivity index (χ2v) is 8.27. The van der Waals surface area contributed by atoms with Gasteiger partial charge in [0.1, 0.15) is 17.2 Å². The second kappa shape index (κ2) is 16.0. The molecule has 0 aliphatic rings. The van der Waals surface area contributed by atoms with E-state index in [1.807, 2.05) is 13.0 Å². The van der Waals surface area contributed by atoms with Gasteiger partial charge in [-0.3, -0.25) is 0 Å². The highest BCUT2D eigenvalue weighted by Crippen LogP contribution is 2.26. The van der Waals surface area contributed by atoms with Crippen LogP contribution in [0.4, 0.5) is 4.39 Å². The van der Waals surface area contributed by atoms with E-state index in [1.165, 1.54) is 31.4 Å². The summed E-state index contributed by atoms with van der Waals surface area (Å²) in [6.45, 7) is 9.14. The minimum atomic E-state index is -1.09. The Balaban J connectivity index is 1.80. The van der Waals surface area contributed by atoms with E-state index < -0.39 is 23.7 Å². The third-order valence-electron chi connectivity index (χ3n) is 5.29. The van der Waals surface area contributed by atoms with Crippen LogP contribution in [-0.2, 0) is 25.5 Å². The van der Waals surface area contributed by atoms with Crippen LogP contribution in [0.5, 0.6) is 17.2 Å². The minimum absolute atomic E-state index is 0.0630. The van der Waals surface area contributed by atoms with Gasteiger partial charge < -0.3 is 23.7 Å². The Kier molecular flexibility index (Phi) is 12.7. The van der Waals surface area contributed by atoms with Crippen LogP contribution < -0.4 is 14.2 Å². The molecule has 2 aromatic carbocycles.